The minimum absolute atomic E-state index is 0.107. The highest BCUT2D eigenvalue weighted by Crippen LogP contribution is 2.29. The predicted octanol–water partition coefficient (Wildman–Crippen LogP) is 0.872. The first-order valence-corrected chi connectivity index (χ1v) is 14.7. The molecule has 3 atom stereocenters. The Balaban J connectivity index is 1.44. The van der Waals surface area contributed by atoms with Gasteiger partial charge in [0.1, 0.15) is 6.04 Å². The van der Waals surface area contributed by atoms with E-state index in [4.69, 9.17) is 0 Å². The van der Waals surface area contributed by atoms with Gasteiger partial charge < -0.3 is 20.9 Å². The number of carbonyl (C=O) groups excluding carboxylic acids is 3. The molecule has 0 aromatic carbocycles. The van der Waals surface area contributed by atoms with Crippen molar-refractivity contribution in [3.8, 4) is 0 Å². The van der Waals surface area contributed by atoms with Gasteiger partial charge in [0.15, 0.2) is 10.8 Å². The van der Waals surface area contributed by atoms with Crippen molar-refractivity contribution in [2.45, 2.75) is 75.0 Å². The molecule has 11 nitrogen and oxygen atoms in total. The van der Waals surface area contributed by atoms with Crippen molar-refractivity contribution >= 4 is 27.7 Å². The Morgan fingerprint density at radius 3 is 2.54 bits per heavy atom. The normalized spacial score (nSPS) is 24.9. The lowest BCUT2D eigenvalue weighted by Crippen LogP contribution is -2.57. The van der Waals surface area contributed by atoms with Crippen LogP contribution in [0.15, 0.2) is 29.4 Å². The number of amides is 3. The highest BCUT2D eigenvalue weighted by atomic mass is 32.2. The number of hydrogen-bond donors (Lipinski definition) is 3. The summed E-state index contributed by atoms with van der Waals surface area (Å²) < 4.78 is 27.5. The molecule has 2 saturated heterocycles. The minimum atomic E-state index is -3.96. The van der Waals surface area contributed by atoms with Gasteiger partial charge in [0.25, 0.3) is 10.0 Å². The van der Waals surface area contributed by atoms with Gasteiger partial charge in [-0.25, -0.2) is 18.2 Å². The van der Waals surface area contributed by atoms with Crippen LogP contribution in [0.25, 0.3) is 0 Å². The van der Waals surface area contributed by atoms with Crippen molar-refractivity contribution in [2.75, 3.05) is 32.7 Å². The van der Waals surface area contributed by atoms with E-state index >= 15 is 0 Å². The fourth-order valence-corrected chi connectivity index (χ4v) is 6.98. The zero-order valence-electron chi connectivity index (χ0n) is 21.4. The fourth-order valence-electron chi connectivity index (χ4n) is 5.42. The Hall–Kier alpha value is -2.57. The minimum Gasteiger partial charge on any atom is -0.344 e. The molecule has 1 aliphatic carbocycles. The Bertz CT molecular complexity index is 1060. The first-order valence-electron chi connectivity index (χ1n) is 13.3. The number of rotatable bonds is 7. The van der Waals surface area contributed by atoms with Gasteiger partial charge in [-0.2, -0.15) is 4.31 Å². The van der Waals surface area contributed by atoms with Gasteiger partial charge in [-0.15, -0.1) is 0 Å². The molecule has 204 valence electrons. The predicted molar refractivity (Wildman–Crippen MR) is 137 cm³/mol. The van der Waals surface area contributed by atoms with E-state index in [2.05, 4.69) is 20.9 Å². The summed E-state index contributed by atoms with van der Waals surface area (Å²) in [5, 5.41) is 8.87. The van der Waals surface area contributed by atoms with Crippen LogP contribution in [0.1, 0.15) is 51.9 Å². The van der Waals surface area contributed by atoms with Gasteiger partial charge in [-0.05, 0) is 44.2 Å². The number of hydrogen-bond acceptors (Lipinski definition) is 7. The molecular formula is C25H38N6O5S. The van der Waals surface area contributed by atoms with Crippen LogP contribution < -0.4 is 16.0 Å². The third-order valence-corrected chi connectivity index (χ3v) is 9.53. The molecule has 3 aliphatic rings. The van der Waals surface area contributed by atoms with E-state index in [-0.39, 0.29) is 29.3 Å². The topological polar surface area (TPSA) is 141 Å². The molecule has 2 aliphatic heterocycles. The van der Waals surface area contributed by atoms with Crippen LogP contribution in [0.5, 0.6) is 0 Å². The summed E-state index contributed by atoms with van der Waals surface area (Å²) in [5.74, 6) is -0.407. The number of pyridine rings is 1. The maximum atomic E-state index is 13.4. The van der Waals surface area contributed by atoms with E-state index in [9.17, 15) is 22.8 Å². The van der Waals surface area contributed by atoms with Gasteiger partial charge in [0.2, 0.25) is 5.91 Å². The van der Waals surface area contributed by atoms with Crippen LogP contribution in [0.3, 0.4) is 0 Å². The average molecular weight is 535 g/mol. The highest BCUT2D eigenvalue weighted by molar-refractivity contribution is 7.89. The number of nitrogens with zero attached hydrogens (tertiary/aromatic N) is 3. The maximum absolute atomic E-state index is 13.4. The van der Waals surface area contributed by atoms with E-state index in [0.717, 1.165) is 25.7 Å². The Morgan fingerprint density at radius 2 is 1.86 bits per heavy atom. The second-order valence-electron chi connectivity index (χ2n) is 10.3. The van der Waals surface area contributed by atoms with Crippen LogP contribution in [-0.4, -0.2) is 91.2 Å². The lowest BCUT2D eigenvalue weighted by molar-refractivity contribution is -0.129. The summed E-state index contributed by atoms with van der Waals surface area (Å²) >= 11 is 0. The maximum Gasteiger partial charge on any atom is 0.318 e. The number of urea groups is 1. The summed E-state index contributed by atoms with van der Waals surface area (Å²) in [6.07, 6.45) is 6.93. The van der Waals surface area contributed by atoms with Crippen LogP contribution >= 0.6 is 0 Å². The molecule has 4 rings (SSSR count). The highest BCUT2D eigenvalue weighted by Gasteiger charge is 2.38. The van der Waals surface area contributed by atoms with E-state index in [1.807, 2.05) is 0 Å². The molecule has 1 saturated carbocycles. The second kappa shape index (κ2) is 12.3. The zero-order valence-corrected chi connectivity index (χ0v) is 22.2. The monoisotopic (exact) mass is 534 g/mol. The fraction of sp³-hybridized carbons (Fsp3) is 0.680. The largest absolute Gasteiger partial charge is 0.344 e. The summed E-state index contributed by atoms with van der Waals surface area (Å²) in [6.45, 7) is 3.98. The molecule has 0 spiro atoms. The molecule has 0 unspecified atom stereocenters. The van der Waals surface area contributed by atoms with Crippen LogP contribution in [-0.2, 0) is 19.6 Å². The number of Topliss-reactive ketones (excluding diaryl/α,β-unsaturated/α-hetero) is 1. The standard InChI is InChI=1S/C25H38N6O5S/c1-18-9-10-20(22(32)17-31(18)37(35,36)23-8-4-5-11-27-23)28-24(33)21(16-19-6-2-3-7-19)29-25(34)30-14-12-26-13-15-30/h4-5,8,11,18-21,26H,2-3,6-7,9-10,12-17H2,1H3,(H,28,33)(H,29,34)/t18-,20+,21+/m1/s1. The number of sulfonamides is 1. The molecule has 0 bridgehead atoms. The lowest BCUT2D eigenvalue weighted by Gasteiger charge is -2.30. The van der Waals surface area contributed by atoms with Crippen molar-refractivity contribution in [2.24, 2.45) is 5.92 Å². The van der Waals surface area contributed by atoms with Crippen molar-refractivity contribution in [1.29, 1.82) is 0 Å². The Kier molecular flexibility index (Phi) is 9.14. The molecule has 12 heteroatoms. The Labute approximate surface area is 218 Å². The molecule has 3 amide bonds. The van der Waals surface area contributed by atoms with Crippen molar-refractivity contribution in [1.82, 2.24) is 30.1 Å². The molecule has 3 fully saturated rings. The van der Waals surface area contributed by atoms with Gasteiger partial charge >= 0.3 is 6.03 Å². The number of piperazine rings is 1. The van der Waals surface area contributed by atoms with Crippen molar-refractivity contribution in [3.05, 3.63) is 24.4 Å². The molecular weight excluding hydrogens is 496 g/mol. The van der Waals surface area contributed by atoms with Crippen LogP contribution in [0, 0.1) is 5.92 Å². The average Bonchev–Trinajstić information content (AvgIpc) is 3.38. The quantitative estimate of drug-likeness (QED) is 0.471. The summed E-state index contributed by atoms with van der Waals surface area (Å²) in [5.41, 5.74) is 0. The van der Waals surface area contributed by atoms with E-state index < -0.39 is 28.1 Å². The smallest absolute Gasteiger partial charge is 0.318 e. The van der Waals surface area contributed by atoms with E-state index in [1.54, 1.807) is 24.0 Å². The van der Waals surface area contributed by atoms with Gasteiger partial charge in [0, 0.05) is 38.4 Å². The first-order chi connectivity index (χ1) is 17.8. The van der Waals surface area contributed by atoms with E-state index in [1.165, 1.54) is 16.6 Å². The van der Waals surface area contributed by atoms with Crippen LogP contribution in [0.4, 0.5) is 4.79 Å². The number of aromatic nitrogens is 1. The number of nitrogens with one attached hydrogen (secondary N) is 3. The molecule has 37 heavy (non-hydrogen) atoms. The SMILES string of the molecule is C[C@@H]1CC[C@H](NC(=O)[C@H](CC2CCCC2)NC(=O)N2CCNCC2)C(=O)CN1S(=O)(=O)c1ccccn1. The summed E-state index contributed by atoms with van der Waals surface area (Å²) in [7, 11) is -3.96. The van der Waals surface area contributed by atoms with Gasteiger partial charge in [-0.1, -0.05) is 31.7 Å². The summed E-state index contributed by atoms with van der Waals surface area (Å²) in [6, 6.07) is 2.36. The van der Waals surface area contributed by atoms with Crippen LogP contribution in [0.2, 0.25) is 0 Å². The second-order valence-corrected chi connectivity index (χ2v) is 12.1. The molecule has 1 aromatic heterocycles. The van der Waals surface area contributed by atoms with E-state index in [0.29, 0.717) is 51.4 Å². The summed E-state index contributed by atoms with van der Waals surface area (Å²) in [4.78, 5) is 45.1. The van der Waals surface area contributed by atoms with Crippen molar-refractivity contribution in [3.63, 3.8) is 0 Å². The number of ketones is 1. The molecule has 3 N–H and O–H groups in total. The Morgan fingerprint density at radius 1 is 1.14 bits per heavy atom. The molecule has 0 radical (unpaired) electrons. The first kappa shape index (κ1) is 27.5. The lowest BCUT2D eigenvalue weighted by atomic mass is 9.97. The van der Waals surface area contributed by atoms with Crippen molar-refractivity contribution < 1.29 is 22.8 Å². The number of carbonyl (C=O) groups is 3. The van der Waals surface area contributed by atoms with Gasteiger partial charge in [0.05, 0.1) is 12.6 Å². The third kappa shape index (κ3) is 6.85. The van der Waals surface area contributed by atoms with Gasteiger partial charge in [-0.3, -0.25) is 9.59 Å². The third-order valence-electron chi connectivity index (χ3n) is 7.65. The molecule has 1 aromatic rings. The zero-order chi connectivity index (χ0) is 26.4. The molecule has 3 heterocycles.